The molecule has 1 N–H and O–H groups in total. The first-order valence-electron chi connectivity index (χ1n) is 7.31. The second-order valence-corrected chi connectivity index (χ2v) is 5.14. The van der Waals surface area contributed by atoms with Gasteiger partial charge < -0.3 is 10.1 Å². The van der Waals surface area contributed by atoms with E-state index in [1.54, 1.807) is 6.07 Å². The highest BCUT2D eigenvalue weighted by Gasteiger charge is 2.15. The van der Waals surface area contributed by atoms with Gasteiger partial charge in [-0.15, -0.1) is 0 Å². The highest BCUT2D eigenvalue weighted by Crippen LogP contribution is 2.27. The highest BCUT2D eigenvalue weighted by molar-refractivity contribution is 5.40. The molecule has 0 aliphatic carbocycles. The molecule has 2 aromatic carbocycles. The Morgan fingerprint density at radius 1 is 1.19 bits per heavy atom. The zero-order valence-corrected chi connectivity index (χ0v) is 12.8. The summed E-state index contributed by atoms with van der Waals surface area (Å²) >= 11 is 0. The lowest BCUT2D eigenvalue weighted by atomic mass is 9.95. The average molecular weight is 287 g/mol. The van der Waals surface area contributed by atoms with E-state index in [9.17, 15) is 4.39 Å². The quantitative estimate of drug-likeness (QED) is 0.858. The van der Waals surface area contributed by atoms with E-state index in [4.69, 9.17) is 4.74 Å². The summed E-state index contributed by atoms with van der Waals surface area (Å²) in [7, 11) is 1.91. The Labute approximate surface area is 126 Å². The first-order valence-corrected chi connectivity index (χ1v) is 7.31. The van der Waals surface area contributed by atoms with Gasteiger partial charge >= 0.3 is 0 Å². The summed E-state index contributed by atoms with van der Waals surface area (Å²) in [4.78, 5) is 0. The van der Waals surface area contributed by atoms with E-state index < -0.39 is 0 Å². The van der Waals surface area contributed by atoms with Crippen LogP contribution in [-0.2, 0) is 0 Å². The molecule has 1 unspecified atom stereocenters. The minimum Gasteiger partial charge on any atom is -0.494 e. The second kappa shape index (κ2) is 7.23. The normalized spacial score (nSPS) is 12.2. The number of hydrogen-bond acceptors (Lipinski definition) is 2. The molecule has 0 fully saturated rings. The van der Waals surface area contributed by atoms with Crippen LogP contribution in [0.2, 0.25) is 0 Å². The van der Waals surface area contributed by atoms with Gasteiger partial charge in [0.15, 0.2) is 0 Å². The van der Waals surface area contributed by atoms with E-state index in [0.717, 1.165) is 28.9 Å². The zero-order chi connectivity index (χ0) is 15.2. The number of ether oxygens (including phenoxy) is 1. The Bertz CT molecular complexity index is 598. The van der Waals surface area contributed by atoms with E-state index >= 15 is 0 Å². The smallest absolute Gasteiger partial charge is 0.123 e. The average Bonchev–Trinajstić information content (AvgIpc) is 2.48. The van der Waals surface area contributed by atoms with E-state index in [-0.39, 0.29) is 11.9 Å². The van der Waals surface area contributed by atoms with Crippen LogP contribution in [0.3, 0.4) is 0 Å². The van der Waals surface area contributed by atoms with Crippen molar-refractivity contribution < 1.29 is 9.13 Å². The Hall–Kier alpha value is -1.87. The lowest BCUT2D eigenvalue weighted by Crippen LogP contribution is -2.18. The summed E-state index contributed by atoms with van der Waals surface area (Å²) in [5.74, 6) is 0.667. The van der Waals surface area contributed by atoms with Gasteiger partial charge in [-0.05, 0) is 61.3 Å². The van der Waals surface area contributed by atoms with E-state index in [2.05, 4.69) is 18.3 Å². The Kier molecular flexibility index (Phi) is 5.34. The van der Waals surface area contributed by atoms with Gasteiger partial charge in [-0.1, -0.05) is 25.1 Å². The SMILES string of the molecule is CCCOc1cccc(C(NC)c2ccc(F)cc2C)c1. The molecule has 2 nitrogen and oxygen atoms in total. The molecule has 1 atom stereocenters. The molecule has 0 saturated heterocycles. The van der Waals surface area contributed by atoms with Gasteiger partial charge in [0.1, 0.15) is 11.6 Å². The Morgan fingerprint density at radius 3 is 2.67 bits per heavy atom. The zero-order valence-electron chi connectivity index (χ0n) is 12.8. The van der Waals surface area contributed by atoms with Crippen molar-refractivity contribution in [1.82, 2.24) is 5.32 Å². The van der Waals surface area contributed by atoms with Gasteiger partial charge in [-0.2, -0.15) is 0 Å². The van der Waals surface area contributed by atoms with Crippen molar-refractivity contribution in [2.75, 3.05) is 13.7 Å². The molecule has 0 aliphatic rings. The molecule has 0 aromatic heterocycles. The maximum Gasteiger partial charge on any atom is 0.123 e. The van der Waals surface area contributed by atoms with E-state index in [1.807, 2.05) is 38.2 Å². The second-order valence-electron chi connectivity index (χ2n) is 5.14. The van der Waals surface area contributed by atoms with Crippen molar-refractivity contribution in [3.05, 3.63) is 65.0 Å². The molecule has 0 amide bonds. The number of halogens is 1. The number of benzene rings is 2. The molecule has 2 aromatic rings. The molecule has 0 heterocycles. The van der Waals surface area contributed by atoms with Crippen molar-refractivity contribution in [1.29, 1.82) is 0 Å². The first kappa shape index (κ1) is 15.5. The maximum absolute atomic E-state index is 13.3. The van der Waals surface area contributed by atoms with Gasteiger partial charge in [-0.25, -0.2) is 4.39 Å². The molecule has 0 aliphatic heterocycles. The summed E-state index contributed by atoms with van der Waals surface area (Å²) < 4.78 is 19.0. The van der Waals surface area contributed by atoms with Crippen LogP contribution in [0.5, 0.6) is 5.75 Å². The topological polar surface area (TPSA) is 21.3 Å². The number of rotatable bonds is 6. The maximum atomic E-state index is 13.3. The third-order valence-corrected chi connectivity index (χ3v) is 3.50. The van der Waals surface area contributed by atoms with Crippen LogP contribution >= 0.6 is 0 Å². The molecule has 0 saturated carbocycles. The van der Waals surface area contributed by atoms with Crippen LogP contribution in [-0.4, -0.2) is 13.7 Å². The third-order valence-electron chi connectivity index (χ3n) is 3.50. The highest BCUT2D eigenvalue weighted by atomic mass is 19.1. The third kappa shape index (κ3) is 3.82. The van der Waals surface area contributed by atoms with Crippen LogP contribution in [0.1, 0.15) is 36.1 Å². The molecular weight excluding hydrogens is 265 g/mol. The van der Waals surface area contributed by atoms with Crippen molar-refractivity contribution >= 4 is 0 Å². The van der Waals surface area contributed by atoms with Gasteiger partial charge in [0.05, 0.1) is 12.6 Å². The molecule has 21 heavy (non-hydrogen) atoms. The fraction of sp³-hybridized carbons (Fsp3) is 0.333. The van der Waals surface area contributed by atoms with Gasteiger partial charge in [0.2, 0.25) is 0 Å². The predicted octanol–water partition coefficient (Wildman–Crippen LogP) is 4.23. The lowest BCUT2D eigenvalue weighted by Gasteiger charge is -2.20. The predicted molar refractivity (Wildman–Crippen MR) is 84.3 cm³/mol. The number of nitrogens with one attached hydrogen (secondary N) is 1. The van der Waals surface area contributed by atoms with Gasteiger partial charge in [-0.3, -0.25) is 0 Å². The van der Waals surface area contributed by atoms with E-state index in [0.29, 0.717) is 6.61 Å². The minimum atomic E-state index is -0.203. The Balaban J connectivity index is 2.32. The largest absolute Gasteiger partial charge is 0.494 e. The first-order chi connectivity index (χ1) is 10.2. The number of hydrogen-bond donors (Lipinski definition) is 1. The molecule has 2 rings (SSSR count). The molecule has 0 radical (unpaired) electrons. The van der Waals surface area contributed by atoms with Crippen molar-refractivity contribution in [3.63, 3.8) is 0 Å². The minimum absolute atomic E-state index is 0.0239. The summed E-state index contributed by atoms with van der Waals surface area (Å²) in [6.45, 7) is 4.73. The molecule has 112 valence electrons. The Morgan fingerprint density at radius 2 is 2.00 bits per heavy atom. The summed E-state index contributed by atoms with van der Waals surface area (Å²) in [5.41, 5.74) is 3.13. The van der Waals surface area contributed by atoms with E-state index in [1.165, 1.54) is 6.07 Å². The molecule has 0 bridgehead atoms. The monoisotopic (exact) mass is 287 g/mol. The summed E-state index contributed by atoms with van der Waals surface area (Å²) in [6.07, 6.45) is 0.983. The van der Waals surface area contributed by atoms with Crippen LogP contribution in [0, 0.1) is 12.7 Å². The summed E-state index contributed by atoms with van der Waals surface area (Å²) in [6, 6.07) is 13.0. The van der Waals surface area contributed by atoms with Crippen molar-refractivity contribution in [2.45, 2.75) is 26.3 Å². The molecular formula is C18H22FNO. The molecule has 0 spiro atoms. The fourth-order valence-corrected chi connectivity index (χ4v) is 2.47. The van der Waals surface area contributed by atoms with Crippen molar-refractivity contribution in [2.24, 2.45) is 0 Å². The van der Waals surface area contributed by atoms with Crippen LogP contribution < -0.4 is 10.1 Å². The van der Waals surface area contributed by atoms with Crippen molar-refractivity contribution in [3.8, 4) is 5.75 Å². The van der Waals surface area contributed by atoms with Crippen LogP contribution in [0.4, 0.5) is 4.39 Å². The number of aryl methyl sites for hydroxylation is 1. The lowest BCUT2D eigenvalue weighted by molar-refractivity contribution is 0.317. The molecule has 3 heteroatoms. The van der Waals surface area contributed by atoms with Crippen LogP contribution in [0.15, 0.2) is 42.5 Å². The van der Waals surface area contributed by atoms with Crippen LogP contribution in [0.25, 0.3) is 0 Å². The van der Waals surface area contributed by atoms with Gasteiger partial charge in [0.25, 0.3) is 0 Å². The fourth-order valence-electron chi connectivity index (χ4n) is 2.47. The van der Waals surface area contributed by atoms with Gasteiger partial charge in [0, 0.05) is 0 Å². The standard InChI is InChI=1S/C18H22FNO/c1-4-10-21-16-7-5-6-14(12-16)18(20-3)17-9-8-15(19)11-13(17)2/h5-9,11-12,18,20H,4,10H2,1-3H3. The summed E-state index contributed by atoms with van der Waals surface area (Å²) in [5, 5.41) is 3.30.